The summed E-state index contributed by atoms with van der Waals surface area (Å²) >= 11 is 1.87. The summed E-state index contributed by atoms with van der Waals surface area (Å²) in [7, 11) is 0. The first kappa shape index (κ1) is 13.7. The minimum Gasteiger partial charge on any atom is -0.468 e. The molecule has 0 aliphatic carbocycles. The quantitative estimate of drug-likeness (QED) is 0.796. The van der Waals surface area contributed by atoms with E-state index in [0.717, 1.165) is 18.1 Å². The average Bonchev–Trinajstić information content (AvgIpc) is 2.57. The first-order chi connectivity index (χ1) is 7.45. The van der Waals surface area contributed by atoms with Gasteiger partial charge in [-0.3, -0.25) is 0 Å². The van der Waals surface area contributed by atoms with Gasteiger partial charge in [0.05, 0.1) is 6.26 Å². The van der Waals surface area contributed by atoms with Crippen LogP contribution in [0.4, 0.5) is 0 Å². The lowest BCUT2D eigenvalue weighted by Crippen LogP contribution is -2.42. The summed E-state index contributed by atoms with van der Waals surface area (Å²) in [5.74, 6) is 2.10. The van der Waals surface area contributed by atoms with Gasteiger partial charge in [0.2, 0.25) is 0 Å². The molecular weight excluding hydrogens is 218 g/mol. The molecule has 0 amide bonds. The Hall–Kier alpha value is -0.410. The predicted molar refractivity (Wildman–Crippen MR) is 71.1 cm³/mol. The minimum atomic E-state index is 0.292. The fourth-order valence-corrected chi connectivity index (χ4v) is 2.92. The number of hydrogen-bond acceptors (Lipinski definition) is 3. The number of hydrogen-bond donors (Lipinski definition) is 1. The lowest BCUT2D eigenvalue weighted by Gasteiger charge is -2.31. The molecule has 1 aromatic heterocycles. The van der Waals surface area contributed by atoms with Gasteiger partial charge in [-0.1, -0.05) is 27.7 Å². The number of rotatable bonds is 5. The Morgan fingerprint density at radius 2 is 2.12 bits per heavy atom. The molecule has 0 saturated carbocycles. The molecule has 1 atom stereocenters. The number of thioether (sulfide) groups is 1. The summed E-state index contributed by atoms with van der Waals surface area (Å²) in [6, 6.07) is 2.57. The van der Waals surface area contributed by atoms with Crippen LogP contribution >= 0.6 is 11.8 Å². The summed E-state index contributed by atoms with van der Waals surface area (Å²) < 4.78 is 5.30. The smallest absolute Gasteiger partial charge is 0.114 e. The largest absolute Gasteiger partial charge is 0.468 e. The van der Waals surface area contributed by atoms with Crippen LogP contribution in [-0.2, 0) is 0 Å². The lowest BCUT2D eigenvalue weighted by atomic mass is 9.88. The maximum absolute atomic E-state index is 5.30. The summed E-state index contributed by atoms with van der Waals surface area (Å²) in [4.78, 5) is 1.26. The van der Waals surface area contributed by atoms with E-state index in [-0.39, 0.29) is 0 Å². The van der Waals surface area contributed by atoms with Gasteiger partial charge >= 0.3 is 0 Å². The van der Waals surface area contributed by atoms with Crippen LogP contribution in [0.2, 0.25) is 0 Å². The van der Waals surface area contributed by atoms with E-state index >= 15 is 0 Å². The lowest BCUT2D eigenvalue weighted by molar-refractivity contribution is 0.295. The Balaban J connectivity index is 2.54. The van der Waals surface area contributed by atoms with Crippen molar-refractivity contribution in [3.8, 4) is 0 Å². The highest BCUT2D eigenvalue weighted by Crippen LogP contribution is 2.28. The molecule has 0 fully saturated rings. The molecule has 1 aromatic rings. The van der Waals surface area contributed by atoms with E-state index in [9.17, 15) is 0 Å². The second-order valence-electron chi connectivity index (χ2n) is 5.13. The zero-order valence-corrected chi connectivity index (χ0v) is 11.8. The van der Waals surface area contributed by atoms with Crippen LogP contribution < -0.4 is 5.32 Å². The standard InChI is InChI=1S/C13H23NOS/c1-6-14-12(13(3,4)5)9-16-11-7-8-15-10(11)2/h7-8,12,14H,6,9H2,1-5H3. The Labute approximate surface area is 103 Å². The summed E-state index contributed by atoms with van der Waals surface area (Å²) in [6.45, 7) is 12.0. The molecule has 0 radical (unpaired) electrons. The van der Waals surface area contributed by atoms with Crippen LogP contribution in [0, 0.1) is 12.3 Å². The first-order valence-corrected chi connectivity index (χ1v) is 6.84. The third kappa shape index (κ3) is 3.87. The van der Waals surface area contributed by atoms with Crippen LogP contribution in [0.3, 0.4) is 0 Å². The van der Waals surface area contributed by atoms with Crippen LogP contribution in [0.15, 0.2) is 21.6 Å². The molecule has 3 heteroatoms. The van der Waals surface area contributed by atoms with Gasteiger partial charge in [-0.2, -0.15) is 0 Å². The predicted octanol–water partition coefficient (Wildman–Crippen LogP) is 3.70. The molecule has 0 aliphatic rings. The van der Waals surface area contributed by atoms with Gasteiger partial charge < -0.3 is 9.73 Å². The molecule has 2 nitrogen and oxygen atoms in total. The Bertz CT molecular complexity index is 314. The van der Waals surface area contributed by atoms with Gasteiger partial charge in [0, 0.05) is 16.7 Å². The number of furan rings is 1. The van der Waals surface area contributed by atoms with Crippen molar-refractivity contribution in [1.82, 2.24) is 5.32 Å². The summed E-state index contributed by atoms with van der Waals surface area (Å²) in [5, 5.41) is 3.55. The molecule has 0 spiro atoms. The minimum absolute atomic E-state index is 0.292. The molecule has 0 aromatic carbocycles. The highest BCUT2D eigenvalue weighted by Gasteiger charge is 2.23. The second-order valence-corrected chi connectivity index (χ2v) is 6.19. The molecular formula is C13H23NOS. The zero-order valence-electron chi connectivity index (χ0n) is 11.0. The van der Waals surface area contributed by atoms with Gasteiger partial charge in [0.25, 0.3) is 0 Å². The van der Waals surface area contributed by atoms with Crippen molar-refractivity contribution >= 4 is 11.8 Å². The molecule has 1 N–H and O–H groups in total. The number of nitrogens with one attached hydrogen (secondary N) is 1. The second kappa shape index (κ2) is 5.78. The molecule has 1 heterocycles. The molecule has 0 bridgehead atoms. The third-order valence-electron chi connectivity index (χ3n) is 2.71. The van der Waals surface area contributed by atoms with Gasteiger partial charge in [-0.15, -0.1) is 11.8 Å². The van der Waals surface area contributed by atoms with E-state index in [0.29, 0.717) is 11.5 Å². The Morgan fingerprint density at radius 3 is 2.56 bits per heavy atom. The average molecular weight is 241 g/mol. The maximum Gasteiger partial charge on any atom is 0.114 e. The van der Waals surface area contributed by atoms with Gasteiger partial charge in [0.15, 0.2) is 0 Å². The van der Waals surface area contributed by atoms with E-state index in [1.807, 2.05) is 24.8 Å². The fourth-order valence-electron chi connectivity index (χ4n) is 1.56. The van der Waals surface area contributed by atoms with Gasteiger partial charge in [-0.05, 0) is 24.9 Å². The molecule has 0 aliphatic heterocycles. The highest BCUT2D eigenvalue weighted by molar-refractivity contribution is 7.99. The van der Waals surface area contributed by atoms with Crippen molar-refractivity contribution in [2.45, 2.75) is 45.6 Å². The number of aryl methyl sites for hydroxylation is 1. The topological polar surface area (TPSA) is 25.2 Å². The molecule has 0 saturated heterocycles. The van der Waals surface area contributed by atoms with Crippen LogP contribution in [0.1, 0.15) is 33.5 Å². The Morgan fingerprint density at radius 1 is 1.44 bits per heavy atom. The van der Waals surface area contributed by atoms with E-state index < -0.39 is 0 Å². The molecule has 1 unspecified atom stereocenters. The van der Waals surface area contributed by atoms with Gasteiger partial charge in [0.1, 0.15) is 5.76 Å². The normalized spacial score (nSPS) is 14.1. The summed E-state index contributed by atoms with van der Waals surface area (Å²) in [6.07, 6.45) is 1.76. The van der Waals surface area contributed by atoms with Crippen molar-refractivity contribution in [2.24, 2.45) is 5.41 Å². The van der Waals surface area contributed by atoms with Crippen LogP contribution in [0.5, 0.6) is 0 Å². The SMILES string of the molecule is CCNC(CSc1ccoc1C)C(C)(C)C. The first-order valence-electron chi connectivity index (χ1n) is 5.85. The van der Waals surface area contributed by atoms with E-state index in [1.165, 1.54) is 4.90 Å². The van der Waals surface area contributed by atoms with Crippen molar-refractivity contribution in [3.63, 3.8) is 0 Å². The summed E-state index contributed by atoms with van der Waals surface area (Å²) in [5.41, 5.74) is 0.292. The van der Waals surface area contributed by atoms with Crippen molar-refractivity contribution < 1.29 is 4.42 Å². The monoisotopic (exact) mass is 241 g/mol. The highest BCUT2D eigenvalue weighted by atomic mass is 32.2. The van der Waals surface area contributed by atoms with Crippen molar-refractivity contribution in [2.75, 3.05) is 12.3 Å². The molecule has 92 valence electrons. The van der Waals surface area contributed by atoms with Crippen molar-refractivity contribution in [3.05, 3.63) is 18.1 Å². The molecule has 1 rings (SSSR count). The zero-order chi connectivity index (χ0) is 12.2. The van der Waals surface area contributed by atoms with Gasteiger partial charge in [-0.25, -0.2) is 0 Å². The molecule has 16 heavy (non-hydrogen) atoms. The third-order valence-corrected chi connectivity index (χ3v) is 3.95. The van der Waals surface area contributed by atoms with E-state index in [4.69, 9.17) is 4.42 Å². The van der Waals surface area contributed by atoms with E-state index in [1.54, 1.807) is 6.26 Å². The van der Waals surface area contributed by atoms with Crippen LogP contribution in [0.25, 0.3) is 0 Å². The van der Waals surface area contributed by atoms with Crippen LogP contribution in [-0.4, -0.2) is 18.3 Å². The van der Waals surface area contributed by atoms with E-state index in [2.05, 4.69) is 33.0 Å². The maximum atomic E-state index is 5.30. The Kier molecular flexibility index (Phi) is 4.93. The fraction of sp³-hybridized carbons (Fsp3) is 0.692. The van der Waals surface area contributed by atoms with Crippen molar-refractivity contribution in [1.29, 1.82) is 0 Å².